The summed E-state index contributed by atoms with van der Waals surface area (Å²) in [4.78, 5) is 6.36. The average Bonchev–Trinajstić information content (AvgIpc) is 2.30. The molecule has 82 valence electrons. The fourth-order valence-electron chi connectivity index (χ4n) is 1.93. The zero-order valence-electron chi connectivity index (χ0n) is 9.51. The molecule has 1 fully saturated rings. The monoisotopic (exact) mass is 198 g/mol. The lowest BCUT2D eigenvalue weighted by molar-refractivity contribution is 0.312. The number of nitrogens with one attached hydrogen (secondary N) is 1. The Bertz CT molecular complexity index is 210. The fourth-order valence-corrected chi connectivity index (χ4v) is 1.93. The third-order valence-corrected chi connectivity index (χ3v) is 2.98. The number of nitrogens with two attached hydrogens (primary N) is 1. The smallest absolute Gasteiger partial charge is 0.208 e. The van der Waals surface area contributed by atoms with Gasteiger partial charge in [0.1, 0.15) is 0 Å². The van der Waals surface area contributed by atoms with Gasteiger partial charge in [0, 0.05) is 20.1 Å². The molecule has 1 heterocycles. The zero-order chi connectivity index (χ0) is 10.6. The highest BCUT2D eigenvalue weighted by atomic mass is 15.4. The first-order chi connectivity index (χ1) is 6.59. The number of guanidine groups is 1. The highest BCUT2D eigenvalue weighted by Gasteiger charge is 2.23. The molecule has 14 heavy (non-hydrogen) atoms. The second kappa shape index (κ2) is 4.64. The molecule has 1 aliphatic rings. The minimum absolute atomic E-state index is 0.461. The molecule has 1 aliphatic heterocycles. The Morgan fingerprint density at radius 1 is 1.36 bits per heavy atom. The molecular formula is C10H22N4. The third kappa shape index (κ3) is 2.87. The number of hydrazine groups is 1. The van der Waals surface area contributed by atoms with Crippen molar-refractivity contribution in [3.63, 3.8) is 0 Å². The number of likely N-dealkylation sites (tertiary alicyclic amines) is 1. The molecule has 0 aromatic carbocycles. The first-order valence-corrected chi connectivity index (χ1v) is 5.27. The molecule has 0 spiro atoms. The van der Waals surface area contributed by atoms with Crippen molar-refractivity contribution >= 4 is 5.96 Å². The standard InChI is InChI=1S/C10H22N4/c1-10(2)5-4-7-14(8-6-10)9(12-3)13-11/h4-8,11H2,1-3H3,(H,12,13). The van der Waals surface area contributed by atoms with Gasteiger partial charge in [-0.2, -0.15) is 0 Å². The SMILES string of the molecule is CN=C(NN)N1CCCC(C)(C)CC1. The van der Waals surface area contributed by atoms with Gasteiger partial charge in [0.05, 0.1) is 0 Å². The van der Waals surface area contributed by atoms with Crippen molar-refractivity contribution in [1.29, 1.82) is 0 Å². The van der Waals surface area contributed by atoms with Crippen LogP contribution in [-0.4, -0.2) is 31.0 Å². The quantitative estimate of drug-likeness (QED) is 0.264. The van der Waals surface area contributed by atoms with Crippen LogP contribution >= 0.6 is 0 Å². The Hall–Kier alpha value is -0.770. The summed E-state index contributed by atoms with van der Waals surface area (Å²) in [5.74, 6) is 6.22. The Kier molecular flexibility index (Phi) is 3.75. The Morgan fingerprint density at radius 3 is 2.64 bits per heavy atom. The van der Waals surface area contributed by atoms with E-state index in [1.165, 1.54) is 19.3 Å². The molecule has 0 amide bonds. The first kappa shape index (κ1) is 11.3. The highest BCUT2D eigenvalue weighted by molar-refractivity contribution is 5.79. The van der Waals surface area contributed by atoms with E-state index in [-0.39, 0.29) is 0 Å². The maximum atomic E-state index is 5.41. The number of nitrogens with zero attached hydrogens (tertiary/aromatic N) is 2. The van der Waals surface area contributed by atoms with E-state index in [0.29, 0.717) is 5.41 Å². The van der Waals surface area contributed by atoms with Crippen molar-refractivity contribution < 1.29 is 0 Å². The molecule has 4 heteroatoms. The minimum atomic E-state index is 0.461. The highest BCUT2D eigenvalue weighted by Crippen LogP contribution is 2.29. The number of hydrogen-bond donors (Lipinski definition) is 2. The summed E-state index contributed by atoms with van der Waals surface area (Å²) >= 11 is 0. The third-order valence-electron chi connectivity index (χ3n) is 2.98. The van der Waals surface area contributed by atoms with Gasteiger partial charge >= 0.3 is 0 Å². The van der Waals surface area contributed by atoms with Gasteiger partial charge in [-0.15, -0.1) is 0 Å². The van der Waals surface area contributed by atoms with Crippen molar-refractivity contribution in [2.45, 2.75) is 33.1 Å². The first-order valence-electron chi connectivity index (χ1n) is 5.27. The van der Waals surface area contributed by atoms with Crippen LogP contribution in [0.4, 0.5) is 0 Å². The molecular weight excluding hydrogens is 176 g/mol. The van der Waals surface area contributed by atoms with Crippen LogP contribution in [0.2, 0.25) is 0 Å². The van der Waals surface area contributed by atoms with Gasteiger partial charge in [-0.25, -0.2) is 5.84 Å². The molecule has 0 aromatic rings. The molecule has 0 saturated carbocycles. The maximum Gasteiger partial charge on any atom is 0.208 e. The molecule has 0 atom stereocenters. The van der Waals surface area contributed by atoms with Gasteiger partial charge in [0.25, 0.3) is 0 Å². The van der Waals surface area contributed by atoms with Crippen molar-refractivity contribution in [1.82, 2.24) is 10.3 Å². The van der Waals surface area contributed by atoms with Gasteiger partial charge in [-0.05, 0) is 24.7 Å². The zero-order valence-corrected chi connectivity index (χ0v) is 9.51. The second-order valence-electron chi connectivity index (χ2n) is 4.70. The van der Waals surface area contributed by atoms with Crippen LogP contribution in [0.15, 0.2) is 4.99 Å². The summed E-state index contributed by atoms with van der Waals surface area (Å²) in [6.07, 6.45) is 3.70. The summed E-state index contributed by atoms with van der Waals surface area (Å²) in [6, 6.07) is 0. The van der Waals surface area contributed by atoms with E-state index >= 15 is 0 Å². The van der Waals surface area contributed by atoms with Crippen molar-refractivity contribution in [3.05, 3.63) is 0 Å². The van der Waals surface area contributed by atoms with Gasteiger partial charge in [0.2, 0.25) is 5.96 Å². The molecule has 0 aliphatic carbocycles. The maximum absolute atomic E-state index is 5.41. The van der Waals surface area contributed by atoms with Crippen LogP contribution in [-0.2, 0) is 0 Å². The van der Waals surface area contributed by atoms with Gasteiger partial charge in [-0.3, -0.25) is 10.4 Å². The Morgan fingerprint density at radius 2 is 2.07 bits per heavy atom. The van der Waals surface area contributed by atoms with Crippen LogP contribution < -0.4 is 11.3 Å². The summed E-state index contributed by atoms with van der Waals surface area (Å²) < 4.78 is 0. The van der Waals surface area contributed by atoms with Gasteiger partial charge < -0.3 is 4.90 Å². The van der Waals surface area contributed by atoms with E-state index in [4.69, 9.17) is 5.84 Å². The van der Waals surface area contributed by atoms with Crippen LogP contribution in [0.25, 0.3) is 0 Å². The topological polar surface area (TPSA) is 53.6 Å². The predicted molar refractivity (Wildman–Crippen MR) is 59.9 cm³/mol. The number of aliphatic imine (C=N–C) groups is 1. The molecule has 3 N–H and O–H groups in total. The van der Waals surface area contributed by atoms with E-state index in [9.17, 15) is 0 Å². The van der Waals surface area contributed by atoms with Crippen LogP contribution in [0.3, 0.4) is 0 Å². The van der Waals surface area contributed by atoms with E-state index in [2.05, 4.69) is 29.2 Å². The summed E-state index contributed by atoms with van der Waals surface area (Å²) in [5, 5.41) is 0. The van der Waals surface area contributed by atoms with Crippen LogP contribution in [0.5, 0.6) is 0 Å². The largest absolute Gasteiger partial charge is 0.342 e. The molecule has 4 nitrogen and oxygen atoms in total. The van der Waals surface area contributed by atoms with Crippen molar-refractivity contribution in [2.75, 3.05) is 20.1 Å². The number of rotatable bonds is 0. The molecule has 1 saturated heterocycles. The normalized spacial score (nSPS) is 23.1. The predicted octanol–water partition coefficient (Wildman–Crippen LogP) is 0.948. The summed E-state index contributed by atoms with van der Waals surface area (Å²) in [5.41, 5.74) is 3.11. The molecule has 0 aromatic heterocycles. The van der Waals surface area contributed by atoms with Crippen LogP contribution in [0.1, 0.15) is 33.1 Å². The fraction of sp³-hybridized carbons (Fsp3) is 0.900. The minimum Gasteiger partial charge on any atom is -0.342 e. The Balaban J connectivity index is 2.58. The molecule has 0 bridgehead atoms. The van der Waals surface area contributed by atoms with Crippen LogP contribution in [0, 0.1) is 5.41 Å². The van der Waals surface area contributed by atoms with Gasteiger partial charge in [-0.1, -0.05) is 13.8 Å². The lowest BCUT2D eigenvalue weighted by atomic mass is 9.85. The summed E-state index contributed by atoms with van der Waals surface area (Å²) in [7, 11) is 1.77. The number of hydrogen-bond acceptors (Lipinski definition) is 2. The van der Waals surface area contributed by atoms with E-state index in [1.807, 2.05) is 0 Å². The lowest BCUT2D eigenvalue weighted by Crippen LogP contribution is -2.45. The lowest BCUT2D eigenvalue weighted by Gasteiger charge is -2.25. The average molecular weight is 198 g/mol. The van der Waals surface area contributed by atoms with Gasteiger partial charge in [0.15, 0.2) is 0 Å². The van der Waals surface area contributed by atoms with E-state index in [1.54, 1.807) is 7.05 Å². The Labute approximate surface area is 86.5 Å². The second-order valence-corrected chi connectivity index (χ2v) is 4.70. The van der Waals surface area contributed by atoms with E-state index < -0.39 is 0 Å². The van der Waals surface area contributed by atoms with E-state index in [0.717, 1.165) is 19.0 Å². The molecule has 1 rings (SSSR count). The summed E-state index contributed by atoms with van der Waals surface area (Å²) in [6.45, 7) is 6.76. The van der Waals surface area contributed by atoms with Crippen molar-refractivity contribution in [3.8, 4) is 0 Å². The molecule has 0 unspecified atom stereocenters. The van der Waals surface area contributed by atoms with Crippen molar-refractivity contribution in [2.24, 2.45) is 16.3 Å². The molecule has 0 radical (unpaired) electrons.